The second-order valence-corrected chi connectivity index (χ2v) is 5.52. The summed E-state index contributed by atoms with van der Waals surface area (Å²) in [5.74, 6) is 0.817. The van der Waals surface area contributed by atoms with Gasteiger partial charge in [-0.1, -0.05) is 13.3 Å². The minimum atomic E-state index is -0.118. The first kappa shape index (κ1) is 14.3. The Kier molecular flexibility index (Phi) is 4.80. The Hall–Kier alpha value is -0.770. The number of amides is 2. The second kappa shape index (κ2) is 5.71. The summed E-state index contributed by atoms with van der Waals surface area (Å²) in [5.41, 5.74) is 5.83. The third-order valence-corrected chi connectivity index (χ3v) is 4.37. The minimum Gasteiger partial charge on any atom is -0.331 e. The number of likely N-dealkylation sites (N-methyl/N-ethyl adjacent to an activating group) is 1. The lowest BCUT2D eigenvalue weighted by molar-refractivity contribution is 0.0738. The highest BCUT2D eigenvalue weighted by Crippen LogP contribution is 2.36. The number of hydrogen-bond donors (Lipinski definition) is 1. The maximum atomic E-state index is 12.1. The first-order chi connectivity index (χ1) is 7.96. The van der Waals surface area contributed by atoms with Crippen molar-refractivity contribution in [2.24, 2.45) is 11.7 Å². The molecule has 2 N–H and O–H groups in total. The van der Waals surface area contributed by atoms with Gasteiger partial charge < -0.3 is 15.5 Å². The van der Waals surface area contributed by atoms with E-state index in [0.717, 1.165) is 18.8 Å². The lowest BCUT2D eigenvalue weighted by atomic mass is 9.75. The fourth-order valence-corrected chi connectivity index (χ4v) is 2.80. The lowest BCUT2D eigenvalue weighted by Gasteiger charge is -2.46. The molecule has 4 nitrogen and oxygen atoms in total. The number of carbonyl (C=O) groups excluding carboxylic acids is 1. The molecule has 17 heavy (non-hydrogen) atoms. The number of rotatable bonds is 3. The van der Waals surface area contributed by atoms with Crippen molar-refractivity contribution < 1.29 is 4.79 Å². The first-order valence-corrected chi connectivity index (χ1v) is 6.62. The maximum absolute atomic E-state index is 12.1. The van der Waals surface area contributed by atoms with E-state index in [2.05, 4.69) is 6.92 Å². The van der Waals surface area contributed by atoms with Crippen LogP contribution < -0.4 is 5.73 Å². The number of nitrogens with zero attached hydrogens (tertiary/aromatic N) is 2. The maximum Gasteiger partial charge on any atom is 0.319 e. The van der Waals surface area contributed by atoms with Crippen LogP contribution in [0.2, 0.25) is 0 Å². The molecular weight excluding hydrogens is 214 g/mol. The highest BCUT2D eigenvalue weighted by atomic mass is 16.2. The summed E-state index contributed by atoms with van der Waals surface area (Å²) in [6.07, 6.45) is 5.71. The zero-order valence-corrected chi connectivity index (χ0v) is 11.7. The number of carbonyl (C=O) groups is 1. The molecule has 1 aliphatic carbocycles. The molecule has 0 aromatic rings. The Balaban J connectivity index is 2.73. The molecule has 1 rings (SSSR count). The van der Waals surface area contributed by atoms with Gasteiger partial charge in [-0.15, -0.1) is 0 Å². The summed E-state index contributed by atoms with van der Waals surface area (Å²) < 4.78 is 0. The van der Waals surface area contributed by atoms with Gasteiger partial charge in [-0.3, -0.25) is 0 Å². The molecule has 1 fully saturated rings. The van der Waals surface area contributed by atoms with Crippen molar-refractivity contribution in [2.75, 3.05) is 27.7 Å². The summed E-state index contributed by atoms with van der Waals surface area (Å²) in [5, 5.41) is 0. The van der Waals surface area contributed by atoms with Crippen molar-refractivity contribution in [3.8, 4) is 0 Å². The van der Waals surface area contributed by atoms with E-state index in [1.807, 2.05) is 11.9 Å². The molecule has 100 valence electrons. The SMILES string of the molecule is CCC1CCC(CN)(N(C)C(=O)N(C)C)CC1. The Morgan fingerprint density at radius 2 is 1.82 bits per heavy atom. The molecular formula is C13H27N3O. The first-order valence-electron chi connectivity index (χ1n) is 6.62. The van der Waals surface area contributed by atoms with Crippen molar-refractivity contribution in [1.82, 2.24) is 9.80 Å². The summed E-state index contributed by atoms with van der Waals surface area (Å²) in [4.78, 5) is 15.5. The number of nitrogens with two attached hydrogens (primary N) is 1. The van der Waals surface area contributed by atoms with E-state index in [1.165, 1.54) is 19.3 Å². The predicted molar refractivity (Wildman–Crippen MR) is 70.9 cm³/mol. The number of hydrogen-bond acceptors (Lipinski definition) is 2. The van der Waals surface area contributed by atoms with Crippen molar-refractivity contribution in [3.63, 3.8) is 0 Å². The zero-order chi connectivity index (χ0) is 13.1. The molecule has 0 unspecified atom stereocenters. The standard InChI is InChI=1S/C13H27N3O/c1-5-11-6-8-13(10-14,9-7-11)16(4)12(17)15(2)3/h11H,5-10,14H2,1-4H3. The molecule has 0 aromatic heterocycles. The molecule has 2 amide bonds. The van der Waals surface area contributed by atoms with Crippen LogP contribution in [0.3, 0.4) is 0 Å². The van der Waals surface area contributed by atoms with Gasteiger partial charge in [0.15, 0.2) is 0 Å². The van der Waals surface area contributed by atoms with E-state index in [4.69, 9.17) is 5.73 Å². The average Bonchev–Trinajstić information content (AvgIpc) is 2.36. The molecule has 0 aromatic carbocycles. The second-order valence-electron chi connectivity index (χ2n) is 5.52. The highest BCUT2D eigenvalue weighted by molar-refractivity contribution is 5.74. The van der Waals surface area contributed by atoms with Crippen LogP contribution in [0.25, 0.3) is 0 Å². The van der Waals surface area contributed by atoms with Gasteiger partial charge in [0.05, 0.1) is 5.54 Å². The van der Waals surface area contributed by atoms with Gasteiger partial charge in [0.2, 0.25) is 0 Å². The van der Waals surface area contributed by atoms with Gasteiger partial charge >= 0.3 is 6.03 Å². The molecule has 1 aliphatic rings. The van der Waals surface area contributed by atoms with Crippen LogP contribution in [0.15, 0.2) is 0 Å². The Morgan fingerprint density at radius 3 is 2.18 bits per heavy atom. The van der Waals surface area contributed by atoms with E-state index in [1.54, 1.807) is 19.0 Å². The van der Waals surface area contributed by atoms with Crippen LogP contribution in [-0.4, -0.2) is 49.1 Å². The average molecular weight is 241 g/mol. The molecule has 0 spiro atoms. The fourth-order valence-electron chi connectivity index (χ4n) is 2.80. The molecule has 0 aliphatic heterocycles. The van der Waals surface area contributed by atoms with Gasteiger partial charge in [-0.05, 0) is 31.6 Å². The smallest absolute Gasteiger partial charge is 0.319 e. The largest absolute Gasteiger partial charge is 0.331 e. The van der Waals surface area contributed by atoms with Crippen LogP contribution in [-0.2, 0) is 0 Å². The Bertz CT molecular complexity index is 257. The van der Waals surface area contributed by atoms with Crippen molar-refractivity contribution in [1.29, 1.82) is 0 Å². The van der Waals surface area contributed by atoms with Crippen molar-refractivity contribution in [3.05, 3.63) is 0 Å². The topological polar surface area (TPSA) is 49.6 Å². The molecule has 0 radical (unpaired) electrons. The molecule has 4 heteroatoms. The predicted octanol–water partition coefficient (Wildman–Crippen LogP) is 1.90. The van der Waals surface area contributed by atoms with Gasteiger partial charge in [0.25, 0.3) is 0 Å². The van der Waals surface area contributed by atoms with E-state index < -0.39 is 0 Å². The molecule has 0 heterocycles. The third-order valence-electron chi connectivity index (χ3n) is 4.37. The van der Waals surface area contributed by atoms with Crippen LogP contribution in [0, 0.1) is 5.92 Å². The van der Waals surface area contributed by atoms with Crippen LogP contribution in [0.5, 0.6) is 0 Å². The van der Waals surface area contributed by atoms with Crippen molar-refractivity contribution >= 4 is 6.03 Å². The van der Waals surface area contributed by atoms with Gasteiger partial charge in [-0.2, -0.15) is 0 Å². The zero-order valence-electron chi connectivity index (χ0n) is 11.7. The molecule has 0 bridgehead atoms. The summed E-state index contributed by atoms with van der Waals surface area (Å²) in [6, 6.07) is 0.0606. The van der Waals surface area contributed by atoms with E-state index >= 15 is 0 Å². The minimum absolute atomic E-state index is 0.0606. The summed E-state index contributed by atoms with van der Waals surface area (Å²) >= 11 is 0. The fraction of sp³-hybridized carbons (Fsp3) is 0.923. The monoisotopic (exact) mass is 241 g/mol. The van der Waals surface area contributed by atoms with E-state index in [9.17, 15) is 4.79 Å². The molecule has 0 atom stereocenters. The van der Waals surface area contributed by atoms with Gasteiger partial charge in [-0.25, -0.2) is 4.79 Å². The highest BCUT2D eigenvalue weighted by Gasteiger charge is 2.39. The van der Waals surface area contributed by atoms with E-state index in [-0.39, 0.29) is 11.6 Å². The third kappa shape index (κ3) is 2.92. The molecule has 1 saturated carbocycles. The van der Waals surface area contributed by atoms with Crippen LogP contribution in [0.4, 0.5) is 4.79 Å². The van der Waals surface area contributed by atoms with Crippen LogP contribution in [0.1, 0.15) is 39.0 Å². The molecule has 0 saturated heterocycles. The quantitative estimate of drug-likeness (QED) is 0.820. The normalized spacial score (nSPS) is 28.9. The van der Waals surface area contributed by atoms with Gasteiger partial charge in [0, 0.05) is 27.7 Å². The Labute approximate surface area is 105 Å². The summed E-state index contributed by atoms with van der Waals surface area (Å²) in [7, 11) is 5.48. The van der Waals surface area contributed by atoms with Gasteiger partial charge in [0.1, 0.15) is 0 Å². The number of urea groups is 1. The lowest BCUT2D eigenvalue weighted by Crippen LogP contribution is -2.58. The Morgan fingerprint density at radius 1 is 1.29 bits per heavy atom. The van der Waals surface area contributed by atoms with Crippen molar-refractivity contribution in [2.45, 2.75) is 44.6 Å². The van der Waals surface area contributed by atoms with Crippen LogP contribution >= 0.6 is 0 Å². The summed E-state index contributed by atoms with van der Waals surface area (Å²) in [6.45, 7) is 2.81. The van der Waals surface area contributed by atoms with E-state index in [0.29, 0.717) is 6.54 Å².